The van der Waals surface area contributed by atoms with Crippen molar-refractivity contribution in [2.45, 2.75) is 0 Å². The van der Waals surface area contributed by atoms with Crippen LogP contribution in [0, 0.1) is 0 Å². The van der Waals surface area contributed by atoms with Gasteiger partial charge in [0.1, 0.15) is 0 Å². The van der Waals surface area contributed by atoms with Gasteiger partial charge in [-0.2, -0.15) is 0 Å². The van der Waals surface area contributed by atoms with Crippen molar-refractivity contribution in [2.75, 3.05) is 0 Å². The van der Waals surface area contributed by atoms with Gasteiger partial charge in [-0.15, -0.1) is 0 Å². The van der Waals surface area contributed by atoms with Gasteiger partial charge in [-0.1, -0.05) is 0 Å². The molecule has 0 amide bonds. The Balaban J connectivity index is 0. The zero-order valence-corrected chi connectivity index (χ0v) is 4.50. The molecule has 0 rings (SSSR count). The maximum atomic E-state index is 0. The monoisotopic (exact) mass is 246 g/mol. The van der Waals surface area contributed by atoms with Crippen molar-refractivity contribution in [2.24, 2.45) is 0 Å². The van der Waals surface area contributed by atoms with E-state index in [9.17, 15) is 0 Å². The fourth-order valence-electron chi connectivity index (χ4n) is 0. The van der Waals surface area contributed by atoms with Gasteiger partial charge in [0, 0.05) is 0 Å². The standard InChI is InChI=1S/2Ca.9H2O.4H/h;;9*1H2;;;;. The minimum atomic E-state index is 0. The normalized spacial score (nSPS) is 0. The molecule has 0 aliphatic heterocycles. The summed E-state index contributed by atoms with van der Waals surface area (Å²) in [7, 11) is 0. The Kier molecular flexibility index (Phi) is 12300. The average Bonchev–Trinajstić information content (AvgIpc) is 0. The summed E-state index contributed by atoms with van der Waals surface area (Å²) in [6.07, 6.45) is 0. The number of hydrogen-bond donors (Lipinski definition) is 0. The third-order valence-electron chi connectivity index (χ3n) is 0. The third-order valence-corrected chi connectivity index (χ3v) is 0. The van der Waals surface area contributed by atoms with Crippen LogP contribution in [-0.2, 0) is 0 Å². The Morgan fingerprint density at radius 2 is 0.182 bits per heavy atom. The number of hydrogen-bond acceptors (Lipinski definition) is 0. The summed E-state index contributed by atoms with van der Waals surface area (Å²) in [6, 6.07) is 0. The van der Waals surface area contributed by atoms with E-state index in [0.717, 1.165) is 0 Å². The Labute approximate surface area is 123 Å². The predicted molar refractivity (Wildman–Crippen MR) is 49.6 cm³/mol. The summed E-state index contributed by atoms with van der Waals surface area (Å²) in [4.78, 5) is 0. The van der Waals surface area contributed by atoms with Crippen LogP contribution in [0.2, 0.25) is 0 Å². The Bertz CT molecular complexity index is 7.52. The van der Waals surface area contributed by atoms with Crippen LogP contribution in [0.3, 0.4) is 0 Å². The predicted octanol–water partition coefficient (Wildman–Crippen LogP) is -9.25. The van der Waals surface area contributed by atoms with Crippen LogP contribution in [0.15, 0.2) is 0 Å². The maximum absolute atomic E-state index is 0. The van der Waals surface area contributed by atoms with E-state index in [1.54, 1.807) is 0 Å². The minimum absolute atomic E-state index is 0. The van der Waals surface area contributed by atoms with Crippen molar-refractivity contribution in [3.05, 3.63) is 0 Å². The molecule has 18 N–H and O–H groups in total. The van der Waals surface area contributed by atoms with Crippen molar-refractivity contribution in [1.82, 2.24) is 0 Å². The molecular formula is H22Ca2O9. The fraction of sp³-hybridized carbons (Fsp3) is 0. The Hall–Kier alpha value is 2.16. The summed E-state index contributed by atoms with van der Waals surface area (Å²) >= 11 is 0. The first-order valence-electron chi connectivity index (χ1n) is 0. The van der Waals surface area contributed by atoms with Gasteiger partial charge in [-0.3, -0.25) is 0 Å². The van der Waals surface area contributed by atoms with Crippen LogP contribution in [0.25, 0.3) is 0 Å². The Morgan fingerprint density at radius 1 is 0.182 bits per heavy atom. The molecule has 0 atom stereocenters. The van der Waals surface area contributed by atoms with Crippen LogP contribution < -0.4 is 0 Å². The molecular weight excluding hydrogens is 224 g/mol. The molecule has 0 bridgehead atoms. The summed E-state index contributed by atoms with van der Waals surface area (Å²) in [5, 5.41) is 0. The van der Waals surface area contributed by atoms with E-state index < -0.39 is 0 Å². The summed E-state index contributed by atoms with van der Waals surface area (Å²) in [5.41, 5.74) is 0. The molecule has 0 radical (unpaired) electrons. The van der Waals surface area contributed by atoms with Crippen LogP contribution in [0.5, 0.6) is 0 Å². The second-order valence-electron chi connectivity index (χ2n) is 0. The first-order chi connectivity index (χ1) is 0. The number of rotatable bonds is 0. The van der Waals surface area contributed by atoms with Gasteiger partial charge in [0.25, 0.3) is 0 Å². The van der Waals surface area contributed by atoms with Gasteiger partial charge in [0.05, 0.1) is 0 Å². The first-order valence-corrected chi connectivity index (χ1v) is 0. The van der Waals surface area contributed by atoms with E-state index in [2.05, 4.69) is 0 Å². The zero-order chi connectivity index (χ0) is 0. The molecule has 0 aromatic rings. The van der Waals surface area contributed by atoms with Gasteiger partial charge in [0.2, 0.25) is 0 Å². The van der Waals surface area contributed by atoms with Gasteiger partial charge >= 0.3 is 75.5 Å². The summed E-state index contributed by atoms with van der Waals surface area (Å²) in [5.74, 6) is 0. The molecule has 11 heavy (non-hydrogen) atoms. The summed E-state index contributed by atoms with van der Waals surface area (Å²) in [6.45, 7) is 0. The van der Waals surface area contributed by atoms with E-state index in [1.807, 2.05) is 0 Å². The average molecular weight is 246 g/mol. The quantitative estimate of drug-likeness (QED) is 0.359. The van der Waals surface area contributed by atoms with Gasteiger partial charge in [-0.25, -0.2) is 0 Å². The van der Waals surface area contributed by atoms with Crippen LogP contribution in [0.1, 0.15) is 0 Å². The second-order valence-corrected chi connectivity index (χ2v) is 0. The second kappa shape index (κ2) is 325. The molecule has 0 aliphatic carbocycles. The van der Waals surface area contributed by atoms with Crippen molar-refractivity contribution >= 4 is 75.5 Å². The van der Waals surface area contributed by atoms with E-state index in [1.165, 1.54) is 0 Å². The molecule has 0 aliphatic rings. The Morgan fingerprint density at radius 3 is 0.182 bits per heavy atom. The van der Waals surface area contributed by atoms with E-state index in [0.29, 0.717) is 0 Å². The molecule has 9 nitrogen and oxygen atoms in total. The SMILES string of the molecule is O.O.O.O.O.O.O.O.O.[CaH2].[CaH2]. The van der Waals surface area contributed by atoms with Crippen LogP contribution in [0.4, 0.5) is 0 Å². The van der Waals surface area contributed by atoms with Gasteiger partial charge in [-0.05, 0) is 0 Å². The topological polar surface area (TPSA) is 284 Å². The third kappa shape index (κ3) is 269. The van der Waals surface area contributed by atoms with Gasteiger partial charge in [0.15, 0.2) is 0 Å². The zero-order valence-electron chi connectivity index (χ0n) is 4.50. The fourth-order valence-corrected chi connectivity index (χ4v) is 0. The molecule has 0 fully saturated rings. The molecule has 0 spiro atoms. The van der Waals surface area contributed by atoms with Crippen molar-refractivity contribution < 1.29 is 49.3 Å². The van der Waals surface area contributed by atoms with E-state index in [4.69, 9.17) is 0 Å². The molecule has 0 aromatic carbocycles. The van der Waals surface area contributed by atoms with E-state index in [-0.39, 0.29) is 125 Å². The van der Waals surface area contributed by atoms with Crippen LogP contribution >= 0.6 is 0 Å². The molecule has 0 saturated heterocycles. The molecule has 80 valence electrons. The van der Waals surface area contributed by atoms with E-state index >= 15 is 0 Å². The molecule has 0 unspecified atom stereocenters. The summed E-state index contributed by atoms with van der Waals surface area (Å²) < 4.78 is 0. The van der Waals surface area contributed by atoms with Crippen molar-refractivity contribution in [3.63, 3.8) is 0 Å². The molecule has 0 saturated carbocycles. The van der Waals surface area contributed by atoms with Crippen molar-refractivity contribution in [1.29, 1.82) is 0 Å². The molecule has 0 aromatic heterocycles. The van der Waals surface area contributed by atoms with Crippen molar-refractivity contribution in [3.8, 4) is 0 Å². The molecule has 11 heteroatoms. The first kappa shape index (κ1) is 417. The molecule has 0 heterocycles. The van der Waals surface area contributed by atoms with Gasteiger partial charge < -0.3 is 49.3 Å². The van der Waals surface area contributed by atoms with Crippen LogP contribution in [-0.4, -0.2) is 125 Å².